The lowest BCUT2D eigenvalue weighted by molar-refractivity contribution is -0.00924. The molecule has 7 nitrogen and oxygen atoms in total. The lowest BCUT2D eigenvalue weighted by Crippen LogP contribution is -2.43. The zero-order valence-electron chi connectivity index (χ0n) is 12.6. The fourth-order valence-electron chi connectivity index (χ4n) is 2.54. The lowest BCUT2D eigenvalue weighted by atomic mass is 10.1. The third-order valence-corrected chi connectivity index (χ3v) is 3.70. The van der Waals surface area contributed by atoms with Gasteiger partial charge in [0.1, 0.15) is 23.3 Å². The van der Waals surface area contributed by atoms with Crippen molar-refractivity contribution in [3.8, 4) is 0 Å². The van der Waals surface area contributed by atoms with Crippen molar-refractivity contribution in [3.05, 3.63) is 53.2 Å². The maximum atomic E-state index is 12.7. The van der Waals surface area contributed by atoms with Crippen LogP contribution in [0.2, 0.25) is 0 Å². The van der Waals surface area contributed by atoms with Crippen LogP contribution in [-0.4, -0.2) is 46.6 Å². The first-order valence-corrected chi connectivity index (χ1v) is 7.20. The summed E-state index contributed by atoms with van der Waals surface area (Å²) >= 11 is 0. The third kappa shape index (κ3) is 3.09. The monoisotopic (exact) mass is 316 g/mol. The van der Waals surface area contributed by atoms with E-state index in [0.717, 1.165) is 5.76 Å². The molecule has 120 valence electrons. The van der Waals surface area contributed by atoms with Crippen molar-refractivity contribution in [1.29, 1.82) is 0 Å². The predicted octanol–water partition coefficient (Wildman–Crippen LogP) is 1.89. The molecule has 23 heavy (non-hydrogen) atoms. The number of pyridine rings is 1. The first-order chi connectivity index (χ1) is 11.1. The molecule has 0 radical (unpaired) electrons. The molecule has 3 rings (SSSR count). The molecule has 1 amide bonds. The average molecular weight is 316 g/mol. The summed E-state index contributed by atoms with van der Waals surface area (Å²) in [7, 11) is 0. The van der Waals surface area contributed by atoms with Gasteiger partial charge in [0.25, 0.3) is 5.91 Å². The van der Waals surface area contributed by atoms with Crippen LogP contribution in [0.3, 0.4) is 0 Å². The predicted molar refractivity (Wildman–Crippen MR) is 79.2 cm³/mol. The first-order valence-electron chi connectivity index (χ1n) is 7.20. The Labute approximate surface area is 132 Å². The zero-order chi connectivity index (χ0) is 16.4. The highest BCUT2D eigenvalue weighted by atomic mass is 16.5. The summed E-state index contributed by atoms with van der Waals surface area (Å²) in [6.45, 7) is 2.97. The number of rotatable bonds is 3. The maximum Gasteiger partial charge on any atom is 0.335 e. The second kappa shape index (κ2) is 6.21. The number of hydrogen-bond donors (Lipinski definition) is 1. The van der Waals surface area contributed by atoms with Gasteiger partial charge < -0.3 is 19.2 Å². The van der Waals surface area contributed by atoms with Gasteiger partial charge in [-0.05, 0) is 31.2 Å². The molecule has 7 heteroatoms. The normalized spacial score (nSPS) is 18.0. The summed E-state index contributed by atoms with van der Waals surface area (Å²) < 4.78 is 11.1. The largest absolute Gasteiger partial charge is 0.478 e. The molecule has 3 heterocycles. The number of aryl methyl sites for hydroxylation is 1. The molecule has 0 aliphatic carbocycles. The number of furan rings is 1. The number of aromatic nitrogens is 1. The smallest absolute Gasteiger partial charge is 0.335 e. The van der Waals surface area contributed by atoms with Gasteiger partial charge in [-0.15, -0.1) is 0 Å². The molecular weight excluding hydrogens is 300 g/mol. The lowest BCUT2D eigenvalue weighted by Gasteiger charge is -2.34. The zero-order valence-corrected chi connectivity index (χ0v) is 12.6. The van der Waals surface area contributed by atoms with Crippen molar-refractivity contribution in [3.63, 3.8) is 0 Å². The van der Waals surface area contributed by atoms with Gasteiger partial charge in [-0.3, -0.25) is 9.78 Å². The molecule has 0 aromatic carbocycles. The number of carbonyl (C=O) groups excluding carboxylic acids is 1. The Morgan fingerprint density at radius 2 is 2.17 bits per heavy atom. The van der Waals surface area contributed by atoms with Crippen molar-refractivity contribution >= 4 is 11.9 Å². The second-order valence-corrected chi connectivity index (χ2v) is 5.27. The van der Waals surface area contributed by atoms with Crippen molar-refractivity contribution in [2.45, 2.75) is 13.0 Å². The van der Waals surface area contributed by atoms with Gasteiger partial charge in [0.05, 0.1) is 18.8 Å². The van der Waals surface area contributed by atoms with Crippen LogP contribution in [0.5, 0.6) is 0 Å². The molecule has 1 fully saturated rings. The maximum absolute atomic E-state index is 12.7. The van der Waals surface area contributed by atoms with E-state index in [1.165, 1.54) is 18.3 Å². The average Bonchev–Trinajstić information content (AvgIpc) is 3.00. The van der Waals surface area contributed by atoms with Gasteiger partial charge in [-0.1, -0.05) is 0 Å². The Kier molecular flexibility index (Phi) is 4.12. The second-order valence-electron chi connectivity index (χ2n) is 5.27. The number of carboxylic acids is 1. The summed E-state index contributed by atoms with van der Waals surface area (Å²) in [6.07, 6.45) is 1.32. The molecule has 0 spiro atoms. The number of hydrogen-bond acceptors (Lipinski definition) is 5. The minimum atomic E-state index is -1.10. The van der Waals surface area contributed by atoms with Gasteiger partial charge in [-0.2, -0.15) is 0 Å². The Bertz CT molecular complexity index is 740. The van der Waals surface area contributed by atoms with Crippen molar-refractivity contribution in [2.24, 2.45) is 0 Å². The fourth-order valence-corrected chi connectivity index (χ4v) is 2.54. The van der Waals surface area contributed by atoms with Crippen molar-refractivity contribution in [1.82, 2.24) is 9.88 Å². The Balaban J connectivity index is 1.89. The van der Waals surface area contributed by atoms with Crippen LogP contribution in [0.1, 0.15) is 38.4 Å². The van der Waals surface area contributed by atoms with E-state index >= 15 is 0 Å². The Morgan fingerprint density at radius 3 is 2.87 bits per heavy atom. The third-order valence-electron chi connectivity index (χ3n) is 3.70. The van der Waals surface area contributed by atoms with E-state index in [-0.39, 0.29) is 23.2 Å². The molecule has 1 N–H and O–H groups in total. The molecule has 2 aromatic heterocycles. The topological polar surface area (TPSA) is 92.9 Å². The van der Waals surface area contributed by atoms with E-state index in [1.54, 1.807) is 4.90 Å². The van der Waals surface area contributed by atoms with Crippen molar-refractivity contribution < 1.29 is 23.8 Å². The van der Waals surface area contributed by atoms with Crippen LogP contribution in [0.4, 0.5) is 0 Å². The molecule has 1 aliphatic heterocycles. The highest BCUT2D eigenvalue weighted by Gasteiger charge is 2.32. The van der Waals surface area contributed by atoms with E-state index in [1.807, 2.05) is 19.1 Å². The highest BCUT2D eigenvalue weighted by Crippen LogP contribution is 2.27. The molecule has 0 saturated carbocycles. The molecule has 1 saturated heterocycles. The summed E-state index contributed by atoms with van der Waals surface area (Å²) in [5.41, 5.74) is 0.127. The van der Waals surface area contributed by atoms with E-state index in [2.05, 4.69) is 4.98 Å². The summed E-state index contributed by atoms with van der Waals surface area (Å²) in [6, 6.07) is 5.93. The number of aromatic carboxylic acids is 1. The van der Waals surface area contributed by atoms with E-state index < -0.39 is 5.97 Å². The number of carbonyl (C=O) groups is 2. The first kappa shape index (κ1) is 15.2. The van der Waals surface area contributed by atoms with Crippen LogP contribution in [-0.2, 0) is 4.74 Å². The van der Waals surface area contributed by atoms with Gasteiger partial charge in [0.15, 0.2) is 0 Å². The Morgan fingerprint density at radius 1 is 1.35 bits per heavy atom. The van der Waals surface area contributed by atoms with Gasteiger partial charge in [0, 0.05) is 12.7 Å². The molecule has 1 atom stereocenters. The number of amides is 1. The quantitative estimate of drug-likeness (QED) is 0.929. The molecule has 0 bridgehead atoms. The molecule has 1 aliphatic rings. The Hall–Kier alpha value is -2.67. The van der Waals surface area contributed by atoms with Crippen LogP contribution < -0.4 is 0 Å². The van der Waals surface area contributed by atoms with Gasteiger partial charge in [0.2, 0.25) is 0 Å². The van der Waals surface area contributed by atoms with E-state index in [9.17, 15) is 9.59 Å². The summed E-state index contributed by atoms with van der Waals surface area (Å²) in [5, 5.41) is 9.05. The number of carboxylic acid groups (broad SMARTS) is 1. The van der Waals surface area contributed by atoms with Crippen molar-refractivity contribution in [2.75, 3.05) is 19.8 Å². The standard InChI is InChI=1S/C16H16N2O5/c1-10-2-3-14(23-10)13-9-22-7-6-18(13)15(19)12-8-11(16(20)21)4-5-17-12/h2-5,8,13H,6-7,9H2,1H3,(H,20,21). The van der Waals surface area contributed by atoms with Crippen LogP contribution in [0, 0.1) is 6.92 Å². The van der Waals surface area contributed by atoms with Crippen LogP contribution in [0.15, 0.2) is 34.9 Å². The van der Waals surface area contributed by atoms with E-state index in [0.29, 0.717) is 25.5 Å². The van der Waals surface area contributed by atoms with Gasteiger partial charge >= 0.3 is 5.97 Å². The summed E-state index contributed by atoms with van der Waals surface area (Å²) in [4.78, 5) is 29.4. The SMILES string of the molecule is Cc1ccc(C2COCCN2C(=O)c2cc(C(=O)O)ccn2)o1. The van der Waals surface area contributed by atoms with Crippen LogP contribution in [0.25, 0.3) is 0 Å². The number of nitrogens with zero attached hydrogens (tertiary/aromatic N) is 2. The van der Waals surface area contributed by atoms with Gasteiger partial charge in [-0.25, -0.2) is 4.79 Å². The van der Waals surface area contributed by atoms with Crippen LogP contribution >= 0.6 is 0 Å². The minimum Gasteiger partial charge on any atom is -0.478 e. The molecule has 2 aromatic rings. The van der Waals surface area contributed by atoms with E-state index in [4.69, 9.17) is 14.3 Å². The minimum absolute atomic E-state index is 0.0296. The fraction of sp³-hybridized carbons (Fsp3) is 0.312. The number of morpholine rings is 1. The highest BCUT2D eigenvalue weighted by molar-refractivity contribution is 5.96. The molecular formula is C16H16N2O5. The molecule has 1 unspecified atom stereocenters. The number of ether oxygens (including phenoxy) is 1. The summed E-state index contributed by atoms with van der Waals surface area (Å²) in [5.74, 6) is -0.0361.